The molecule has 0 aliphatic carbocycles. The van der Waals surface area contributed by atoms with Gasteiger partial charge in [0.1, 0.15) is 0 Å². The maximum Gasteiger partial charge on any atom is 0.167 e. The Hall–Kier alpha value is -1.89. The molecule has 0 aromatic heterocycles. The molecule has 1 atom stereocenters. The molecular formula is C18H20O. The predicted molar refractivity (Wildman–Crippen MR) is 79.6 cm³/mol. The van der Waals surface area contributed by atoms with E-state index in [2.05, 4.69) is 32.0 Å². The van der Waals surface area contributed by atoms with Crippen molar-refractivity contribution in [3.8, 4) is 0 Å². The van der Waals surface area contributed by atoms with E-state index in [1.165, 1.54) is 5.56 Å². The summed E-state index contributed by atoms with van der Waals surface area (Å²) < 4.78 is 0. The molecular weight excluding hydrogens is 232 g/mol. The van der Waals surface area contributed by atoms with E-state index in [-0.39, 0.29) is 5.78 Å². The van der Waals surface area contributed by atoms with Crippen LogP contribution in [0, 0.1) is 0 Å². The monoisotopic (exact) mass is 252 g/mol. The molecule has 1 heteroatoms. The summed E-state index contributed by atoms with van der Waals surface area (Å²) in [4.78, 5) is 12.2. The molecule has 0 heterocycles. The maximum atomic E-state index is 12.2. The highest BCUT2D eigenvalue weighted by Crippen LogP contribution is 2.20. The van der Waals surface area contributed by atoms with Gasteiger partial charge in [-0.1, -0.05) is 68.4 Å². The van der Waals surface area contributed by atoms with Crippen molar-refractivity contribution in [1.82, 2.24) is 0 Å². The Morgan fingerprint density at radius 2 is 1.79 bits per heavy atom. The zero-order chi connectivity index (χ0) is 13.7. The van der Waals surface area contributed by atoms with E-state index in [0.717, 1.165) is 17.5 Å². The molecule has 0 aliphatic rings. The first-order chi connectivity index (χ1) is 9.20. The van der Waals surface area contributed by atoms with Crippen LogP contribution < -0.4 is 0 Å². The minimum atomic E-state index is 0.182. The Labute approximate surface area is 115 Å². The fourth-order valence-corrected chi connectivity index (χ4v) is 2.16. The van der Waals surface area contributed by atoms with Gasteiger partial charge in [-0.15, -0.1) is 0 Å². The summed E-state index contributed by atoms with van der Waals surface area (Å²) in [5.41, 5.74) is 3.21. The number of benzene rings is 2. The fourth-order valence-electron chi connectivity index (χ4n) is 2.16. The molecule has 0 saturated heterocycles. The first kappa shape index (κ1) is 13.5. The third-order valence-electron chi connectivity index (χ3n) is 3.59. The molecule has 1 unspecified atom stereocenters. The molecule has 0 aliphatic heterocycles. The van der Waals surface area contributed by atoms with Crippen molar-refractivity contribution < 1.29 is 4.79 Å². The van der Waals surface area contributed by atoms with Crippen LogP contribution in [0.4, 0.5) is 0 Å². The van der Waals surface area contributed by atoms with Gasteiger partial charge in [-0.3, -0.25) is 4.79 Å². The van der Waals surface area contributed by atoms with Crippen LogP contribution in [0.1, 0.15) is 47.7 Å². The molecule has 2 aromatic carbocycles. The lowest BCUT2D eigenvalue weighted by Gasteiger charge is -2.10. The van der Waals surface area contributed by atoms with Crippen LogP contribution in [0.15, 0.2) is 54.6 Å². The van der Waals surface area contributed by atoms with Crippen LogP contribution in [0.5, 0.6) is 0 Å². The minimum absolute atomic E-state index is 0.182. The zero-order valence-electron chi connectivity index (χ0n) is 11.6. The fraction of sp³-hybridized carbons (Fsp3) is 0.278. The molecule has 0 spiro atoms. The Kier molecular flexibility index (Phi) is 4.51. The summed E-state index contributed by atoms with van der Waals surface area (Å²) in [6, 6.07) is 17.9. The van der Waals surface area contributed by atoms with Gasteiger partial charge in [-0.2, -0.15) is 0 Å². The zero-order valence-corrected chi connectivity index (χ0v) is 11.6. The minimum Gasteiger partial charge on any atom is -0.294 e. The smallest absolute Gasteiger partial charge is 0.167 e. The molecule has 0 fully saturated rings. The highest BCUT2D eigenvalue weighted by Gasteiger charge is 2.08. The lowest BCUT2D eigenvalue weighted by Crippen LogP contribution is -2.04. The molecule has 19 heavy (non-hydrogen) atoms. The van der Waals surface area contributed by atoms with Gasteiger partial charge in [0.05, 0.1) is 0 Å². The van der Waals surface area contributed by atoms with Crippen molar-refractivity contribution in [2.75, 3.05) is 0 Å². The second-order valence-corrected chi connectivity index (χ2v) is 5.02. The van der Waals surface area contributed by atoms with Crippen molar-refractivity contribution in [2.45, 2.75) is 32.6 Å². The first-order valence-corrected chi connectivity index (χ1v) is 6.87. The standard InChI is InChI=1S/C18H20O/c1-3-14(2)17-11-7-8-15(12-17)13-18(19)16-9-5-4-6-10-16/h4-12,14H,3,13H2,1-2H3. The summed E-state index contributed by atoms with van der Waals surface area (Å²) in [5, 5.41) is 0. The van der Waals surface area contributed by atoms with Gasteiger partial charge >= 0.3 is 0 Å². The maximum absolute atomic E-state index is 12.2. The Morgan fingerprint density at radius 1 is 1.05 bits per heavy atom. The topological polar surface area (TPSA) is 17.1 Å². The average Bonchev–Trinajstić information content (AvgIpc) is 2.47. The summed E-state index contributed by atoms with van der Waals surface area (Å²) in [6.07, 6.45) is 1.60. The lowest BCUT2D eigenvalue weighted by atomic mass is 9.95. The van der Waals surface area contributed by atoms with Crippen molar-refractivity contribution in [3.05, 3.63) is 71.3 Å². The normalized spacial score (nSPS) is 12.1. The Bertz CT molecular complexity index is 543. The molecule has 0 N–H and O–H groups in total. The van der Waals surface area contributed by atoms with Gasteiger partial charge in [-0.25, -0.2) is 0 Å². The van der Waals surface area contributed by atoms with E-state index in [0.29, 0.717) is 12.3 Å². The van der Waals surface area contributed by atoms with Crippen LogP contribution in [0.2, 0.25) is 0 Å². The lowest BCUT2D eigenvalue weighted by molar-refractivity contribution is 0.0993. The third-order valence-corrected chi connectivity index (χ3v) is 3.59. The number of hydrogen-bond donors (Lipinski definition) is 0. The average molecular weight is 252 g/mol. The van der Waals surface area contributed by atoms with Crippen LogP contribution >= 0.6 is 0 Å². The molecule has 1 nitrogen and oxygen atoms in total. The number of hydrogen-bond acceptors (Lipinski definition) is 1. The largest absolute Gasteiger partial charge is 0.294 e. The highest BCUT2D eigenvalue weighted by atomic mass is 16.1. The molecule has 98 valence electrons. The summed E-state index contributed by atoms with van der Waals surface area (Å²) >= 11 is 0. The van der Waals surface area contributed by atoms with Crippen LogP contribution in [-0.4, -0.2) is 5.78 Å². The van der Waals surface area contributed by atoms with Crippen LogP contribution in [0.3, 0.4) is 0 Å². The summed E-state index contributed by atoms with van der Waals surface area (Å²) in [5.74, 6) is 0.730. The second-order valence-electron chi connectivity index (χ2n) is 5.02. The highest BCUT2D eigenvalue weighted by molar-refractivity contribution is 5.97. The predicted octanol–water partition coefficient (Wildman–Crippen LogP) is 4.63. The molecule has 0 radical (unpaired) electrons. The number of carbonyl (C=O) groups is 1. The van der Waals surface area contributed by atoms with E-state index >= 15 is 0 Å². The van der Waals surface area contributed by atoms with E-state index in [9.17, 15) is 4.79 Å². The van der Waals surface area contributed by atoms with Gasteiger partial charge in [0.15, 0.2) is 5.78 Å². The number of carbonyl (C=O) groups excluding carboxylic acids is 1. The van der Waals surface area contributed by atoms with Gasteiger partial charge < -0.3 is 0 Å². The second kappa shape index (κ2) is 6.33. The molecule has 0 amide bonds. The van der Waals surface area contributed by atoms with E-state index in [1.807, 2.05) is 36.4 Å². The van der Waals surface area contributed by atoms with Gasteiger partial charge in [-0.05, 0) is 23.5 Å². The quantitative estimate of drug-likeness (QED) is 0.709. The summed E-state index contributed by atoms with van der Waals surface area (Å²) in [7, 11) is 0. The molecule has 2 rings (SSSR count). The SMILES string of the molecule is CCC(C)c1cccc(CC(=O)c2ccccc2)c1. The van der Waals surface area contributed by atoms with E-state index < -0.39 is 0 Å². The van der Waals surface area contributed by atoms with Crippen molar-refractivity contribution in [3.63, 3.8) is 0 Å². The summed E-state index contributed by atoms with van der Waals surface area (Å²) in [6.45, 7) is 4.41. The number of ketones is 1. The Morgan fingerprint density at radius 3 is 2.47 bits per heavy atom. The third kappa shape index (κ3) is 3.54. The molecule has 0 bridgehead atoms. The first-order valence-electron chi connectivity index (χ1n) is 6.87. The van der Waals surface area contributed by atoms with Gasteiger partial charge in [0.2, 0.25) is 0 Å². The van der Waals surface area contributed by atoms with Crippen molar-refractivity contribution >= 4 is 5.78 Å². The van der Waals surface area contributed by atoms with Gasteiger partial charge in [0, 0.05) is 12.0 Å². The molecule has 0 saturated carbocycles. The molecule has 2 aromatic rings. The van der Waals surface area contributed by atoms with E-state index in [4.69, 9.17) is 0 Å². The van der Waals surface area contributed by atoms with Crippen molar-refractivity contribution in [2.24, 2.45) is 0 Å². The van der Waals surface area contributed by atoms with E-state index in [1.54, 1.807) is 0 Å². The van der Waals surface area contributed by atoms with Gasteiger partial charge in [0.25, 0.3) is 0 Å². The van der Waals surface area contributed by atoms with Crippen LogP contribution in [-0.2, 0) is 6.42 Å². The van der Waals surface area contributed by atoms with Crippen molar-refractivity contribution in [1.29, 1.82) is 0 Å². The number of Topliss-reactive ketones (excluding diaryl/α,β-unsaturated/α-hetero) is 1. The number of rotatable bonds is 5. The van der Waals surface area contributed by atoms with Crippen LogP contribution in [0.25, 0.3) is 0 Å². The Balaban J connectivity index is 2.13.